The van der Waals surface area contributed by atoms with Crippen molar-refractivity contribution in [2.75, 3.05) is 6.54 Å². The summed E-state index contributed by atoms with van der Waals surface area (Å²) in [6.07, 6.45) is 9.92. The Labute approximate surface area is 199 Å². The van der Waals surface area contributed by atoms with Crippen molar-refractivity contribution in [1.82, 2.24) is 18.4 Å². The van der Waals surface area contributed by atoms with Crippen molar-refractivity contribution in [1.29, 1.82) is 0 Å². The molecule has 1 aromatic carbocycles. The molecule has 0 spiro atoms. The molecule has 4 aliphatic carbocycles. The van der Waals surface area contributed by atoms with Gasteiger partial charge in [0, 0.05) is 12.6 Å². The first kappa shape index (κ1) is 21.9. The maximum atomic E-state index is 13.7. The Morgan fingerprint density at radius 2 is 1.82 bits per heavy atom. The maximum absolute atomic E-state index is 13.7. The number of hydrogen-bond acceptors (Lipinski definition) is 6. The highest BCUT2D eigenvalue weighted by Gasteiger charge is 2.53. The fourth-order valence-electron chi connectivity index (χ4n) is 7.74. The molecule has 178 valence electrons. The van der Waals surface area contributed by atoms with Crippen LogP contribution in [0.1, 0.15) is 64.7 Å². The number of nitrogens with zero attached hydrogens (tertiary/aromatic N) is 3. The average Bonchev–Trinajstić information content (AvgIpc) is 3.27. The van der Waals surface area contributed by atoms with Gasteiger partial charge in [-0.3, -0.25) is 4.79 Å². The molecule has 1 aromatic heterocycles. The van der Waals surface area contributed by atoms with E-state index in [1.807, 2.05) is 0 Å². The second-order valence-corrected chi connectivity index (χ2v) is 13.4. The van der Waals surface area contributed by atoms with Crippen molar-refractivity contribution in [2.24, 2.45) is 23.2 Å². The van der Waals surface area contributed by atoms with Crippen LogP contribution in [-0.4, -0.2) is 46.0 Å². The van der Waals surface area contributed by atoms with E-state index in [1.165, 1.54) is 42.8 Å². The number of carbonyl (C=O) groups is 1. The number of carbonyl (C=O) groups excluding carboxylic acids is 1. The molecule has 5 aliphatic rings. The molecule has 5 fully saturated rings. The molecule has 4 saturated carbocycles. The SMILES string of the molecule is C[C@H](NC(=O)[C@H]1CCCCN1S(=O)(=O)c1cccc2nsnc12)C12CC3CC(CC(C3)C1)C2. The van der Waals surface area contributed by atoms with Crippen LogP contribution in [0.4, 0.5) is 0 Å². The first-order valence-electron chi connectivity index (χ1n) is 12.4. The van der Waals surface area contributed by atoms with Gasteiger partial charge in [-0.25, -0.2) is 8.42 Å². The Kier molecular flexibility index (Phi) is 5.30. The summed E-state index contributed by atoms with van der Waals surface area (Å²) in [5.41, 5.74) is 1.17. The number of hydrogen-bond donors (Lipinski definition) is 1. The Hall–Kier alpha value is -1.58. The topological polar surface area (TPSA) is 92.3 Å². The van der Waals surface area contributed by atoms with Crippen LogP contribution < -0.4 is 5.32 Å². The summed E-state index contributed by atoms with van der Waals surface area (Å²) < 4.78 is 37.2. The number of benzene rings is 1. The quantitative estimate of drug-likeness (QED) is 0.688. The fraction of sp³-hybridized carbons (Fsp3) is 0.708. The van der Waals surface area contributed by atoms with Crippen LogP contribution in [0.2, 0.25) is 0 Å². The predicted octanol–water partition coefficient (Wildman–Crippen LogP) is 3.96. The van der Waals surface area contributed by atoms with Gasteiger partial charge in [-0.1, -0.05) is 12.5 Å². The van der Waals surface area contributed by atoms with Crippen molar-refractivity contribution in [3.63, 3.8) is 0 Å². The van der Waals surface area contributed by atoms with Gasteiger partial charge in [-0.15, -0.1) is 0 Å². The van der Waals surface area contributed by atoms with Gasteiger partial charge in [-0.2, -0.15) is 13.1 Å². The molecule has 1 amide bonds. The zero-order valence-corrected chi connectivity index (χ0v) is 20.7. The minimum atomic E-state index is -3.86. The normalized spacial score (nSPS) is 35.1. The van der Waals surface area contributed by atoms with Crippen molar-refractivity contribution < 1.29 is 13.2 Å². The molecule has 33 heavy (non-hydrogen) atoms. The van der Waals surface area contributed by atoms with Crippen LogP contribution in [-0.2, 0) is 14.8 Å². The summed E-state index contributed by atoms with van der Waals surface area (Å²) in [4.78, 5) is 13.7. The average molecular weight is 489 g/mol. The predicted molar refractivity (Wildman–Crippen MR) is 127 cm³/mol. The summed E-state index contributed by atoms with van der Waals surface area (Å²) in [5, 5.41) is 3.32. The van der Waals surface area contributed by atoms with E-state index in [9.17, 15) is 13.2 Å². The molecule has 7 nitrogen and oxygen atoms in total. The van der Waals surface area contributed by atoms with E-state index < -0.39 is 16.1 Å². The third kappa shape index (κ3) is 3.62. The second-order valence-electron chi connectivity index (χ2n) is 11.0. The van der Waals surface area contributed by atoms with Crippen LogP contribution >= 0.6 is 11.7 Å². The van der Waals surface area contributed by atoms with Crippen LogP contribution in [0.5, 0.6) is 0 Å². The number of piperidine rings is 1. The molecule has 4 bridgehead atoms. The Morgan fingerprint density at radius 1 is 1.12 bits per heavy atom. The minimum absolute atomic E-state index is 0.0797. The van der Waals surface area contributed by atoms with Gasteiger partial charge in [-0.05, 0) is 93.6 Å². The van der Waals surface area contributed by atoms with Crippen molar-refractivity contribution in [2.45, 2.75) is 81.7 Å². The minimum Gasteiger partial charge on any atom is -0.352 e. The van der Waals surface area contributed by atoms with E-state index in [-0.39, 0.29) is 22.3 Å². The molecule has 9 heteroatoms. The van der Waals surface area contributed by atoms with Crippen LogP contribution in [0, 0.1) is 23.2 Å². The number of aromatic nitrogens is 2. The lowest BCUT2D eigenvalue weighted by Gasteiger charge is -2.59. The first-order chi connectivity index (χ1) is 15.9. The maximum Gasteiger partial charge on any atom is 0.246 e. The van der Waals surface area contributed by atoms with Crippen molar-refractivity contribution in [3.05, 3.63) is 18.2 Å². The van der Waals surface area contributed by atoms with Crippen LogP contribution in [0.3, 0.4) is 0 Å². The zero-order chi connectivity index (χ0) is 22.8. The highest BCUT2D eigenvalue weighted by Crippen LogP contribution is 2.61. The highest BCUT2D eigenvalue weighted by atomic mass is 32.2. The van der Waals surface area contributed by atoms with Gasteiger partial charge in [0.15, 0.2) is 0 Å². The van der Waals surface area contributed by atoms with Crippen molar-refractivity contribution >= 4 is 38.7 Å². The molecule has 2 atom stereocenters. The Bertz CT molecular complexity index is 1140. The molecule has 1 aliphatic heterocycles. The summed E-state index contributed by atoms with van der Waals surface area (Å²) in [5.74, 6) is 2.31. The molecule has 0 radical (unpaired) electrons. The fourth-order valence-corrected chi connectivity index (χ4v) is 10.2. The molecule has 2 heterocycles. The monoisotopic (exact) mass is 488 g/mol. The summed E-state index contributed by atoms with van der Waals surface area (Å²) in [6, 6.07) is 4.47. The van der Waals surface area contributed by atoms with Crippen LogP contribution in [0.25, 0.3) is 11.0 Å². The lowest BCUT2D eigenvalue weighted by molar-refractivity contribution is -0.130. The number of fused-ring (bicyclic) bond motifs is 1. The van der Waals surface area contributed by atoms with Crippen LogP contribution in [0.15, 0.2) is 23.1 Å². The lowest BCUT2D eigenvalue weighted by Crippen LogP contribution is -2.59. The van der Waals surface area contributed by atoms with Gasteiger partial charge < -0.3 is 5.32 Å². The number of rotatable bonds is 5. The van der Waals surface area contributed by atoms with E-state index in [0.717, 1.165) is 42.3 Å². The molecular formula is C24H32N4O3S2. The second kappa shape index (κ2) is 7.99. The van der Waals surface area contributed by atoms with E-state index in [0.29, 0.717) is 24.0 Å². The van der Waals surface area contributed by atoms with Gasteiger partial charge in [0.2, 0.25) is 15.9 Å². The van der Waals surface area contributed by atoms with E-state index in [1.54, 1.807) is 18.2 Å². The largest absolute Gasteiger partial charge is 0.352 e. The molecule has 1 saturated heterocycles. The standard InChI is InChI=1S/C24H32N4O3S2/c1-15(24-12-16-9-17(13-24)11-18(10-16)14-24)25-23(29)20-6-2-3-8-28(20)33(30,31)21-7-4-5-19-22(21)27-32-26-19/h4-5,7,15-18,20H,2-3,6,8-14H2,1H3,(H,25,29)/t15-,16?,17?,18?,20+,24?/m0/s1. The molecule has 2 aromatic rings. The van der Waals surface area contributed by atoms with Crippen molar-refractivity contribution in [3.8, 4) is 0 Å². The summed E-state index contributed by atoms with van der Waals surface area (Å²) in [6.45, 7) is 2.52. The third-order valence-corrected chi connectivity index (χ3v) is 11.4. The highest BCUT2D eigenvalue weighted by molar-refractivity contribution is 7.89. The number of sulfonamides is 1. The van der Waals surface area contributed by atoms with E-state index >= 15 is 0 Å². The molecule has 1 N–H and O–H groups in total. The Balaban J connectivity index is 1.25. The Morgan fingerprint density at radius 3 is 2.52 bits per heavy atom. The van der Waals surface area contributed by atoms with Gasteiger partial charge in [0.25, 0.3) is 0 Å². The van der Waals surface area contributed by atoms with Gasteiger partial charge in [0.05, 0.1) is 11.7 Å². The third-order valence-electron chi connectivity index (χ3n) is 8.95. The molecule has 0 unspecified atom stereocenters. The van der Waals surface area contributed by atoms with Gasteiger partial charge >= 0.3 is 0 Å². The van der Waals surface area contributed by atoms with E-state index in [2.05, 4.69) is 21.0 Å². The number of amides is 1. The smallest absolute Gasteiger partial charge is 0.246 e. The van der Waals surface area contributed by atoms with E-state index in [4.69, 9.17) is 0 Å². The summed E-state index contributed by atoms with van der Waals surface area (Å²) in [7, 11) is -3.86. The number of nitrogens with one attached hydrogen (secondary N) is 1. The molecule has 7 rings (SSSR count). The zero-order valence-electron chi connectivity index (χ0n) is 19.1. The summed E-state index contributed by atoms with van der Waals surface area (Å²) >= 11 is 1.01. The van der Waals surface area contributed by atoms with Gasteiger partial charge in [0.1, 0.15) is 22.0 Å². The lowest BCUT2D eigenvalue weighted by atomic mass is 9.48. The molecular weight excluding hydrogens is 456 g/mol. The first-order valence-corrected chi connectivity index (χ1v) is 14.6.